The molecule has 12 heteroatoms. The van der Waals surface area contributed by atoms with E-state index in [4.69, 9.17) is 18.9 Å². The third kappa shape index (κ3) is 8.21. The monoisotopic (exact) mass is 567 g/mol. The second-order valence-electron chi connectivity index (χ2n) is 9.87. The van der Waals surface area contributed by atoms with Crippen LogP contribution in [0.25, 0.3) is 0 Å². The quantitative estimate of drug-likeness (QED) is 0.335. The van der Waals surface area contributed by atoms with E-state index in [1.54, 1.807) is 7.11 Å². The third-order valence-electron chi connectivity index (χ3n) is 7.64. The second-order valence-corrected chi connectivity index (χ2v) is 9.87. The van der Waals surface area contributed by atoms with Crippen molar-refractivity contribution in [2.75, 3.05) is 81.9 Å². The highest BCUT2D eigenvalue weighted by Crippen LogP contribution is 2.27. The number of rotatable bonds is 8. The Balaban J connectivity index is 0.000000222. The molecule has 40 heavy (non-hydrogen) atoms. The number of likely N-dealkylation sites (tertiary alicyclic amines) is 1. The van der Waals surface area contributed by atoms with Crippen LogP contribution in [0.1, 0.15) is 24.8 Å². The van der Waals surface area contributed by atoms with Gasteiger partial charge in [-0.05, 0) is 18.7 Å². The molecule has 0 amide bonds. The fourth-order valence-corrected chi connectivity index (χ4v) is 5.01. The van der Waals surface area contributed by atoms with Crippen molar-refractivity contribution < 1.29 is 42.8 Å². The lowest BCUT2D eigenvalue weighted by molar-refractivity contribution is -0.164. The van der Waals surface area contributed by atoms with Gasteiger partial charge >= 0.3 is 17.9 Å². The SMILES string of the molecule is COC(=O)C1(OC)CCN(Cc2ccccc2)C1.COC(=O)C1(OC)CCNC1.COC(=O)[C@]1(OC)CCNC1. The van der Waals surface area contributed by atoms with Gasteiger partial charge in [0, 0.05) is 73.3 Å². The van der Waals surface area contributed by atoms with Crippen molar-refractivity contribution in [2.24, 2.45) is 0 Å². The van der Waals surface area contributed by atoms with E-state index >= 15 is 0 Å². The van der Waals surface area contributed by atoms with Crippen molar-refractivity contribution in [3.05, 3.63) is 35.9 Å². The summed E-state index contributed by atoms with van der Waals surface area (Å²) in [5.74, 6) is -0.851. The molecule has 3 fully saturated rings. The van der Waals surface area contributed by atoms with Gasteiger partial charge in [-0.25, -0.2) is 14.4 Å². The van der Waals surface area contributed by atoms with E-state index in [0.717, 1.165) is 26.2 Å². The fourth-order valence-electron chi connectivity index (χ4n) is 5.01. The van der Waals surface area contributed by atoms with Gasteiger partial charge in [0.05, 0.1) is 21.3 Å². The second kappa shape index (κ2) is 16.0. The van der Waals surface area contributed by atoms with E-state index in [-0.39, 0.29) is 17.9 Å². The molecule has 1 aromatic carbocycles. The van der Waals surface area contributed by atoms with Gasteiger partial charge in [-0.1, -0.05) is 30.3 Å². The zero-order valence-corrected chi connectivity index (χ0v) is 24.6. The Morgan fingerprint density at radius 2 is 1.15 bits per heavy atom. The van der Waals surface area contributed by atoms with Gasteiger partial charge in [0.2, 0.25) is 0 Å². The van der Waals surface area contributed by atoms with E-state index < -0.39 is 16.8 Å². The molecule has 4 rings (SSSR count). The van der Waals surface area contributed by atoms with Crippen LogP contribution in [-0.4, -0.2) is 122 Å². The van der Waals surface area contributed by atoms with Gasteiger partial charge in [-0.2, -0.15) is 0 Å². The van der Waals surface area contributed by atoms with E-state index in [9.17, 15) is 14.4 Å². The number of benzene rings is 1. The molecular weight excluding hydrogens is 522 g/mol. The molecule has 2 unspecified atom stereocenters. The van der Waals surface area contributed by atoms with E-state index in [1.807, 2.05) is 18.2 Å². The number of esters is 3. The van der Waals surface area contributed by atoms with Gasteiger partial charge in [0.15, 0.2) is 16.8 Å². The van der Waals surface area contributed by atoms with Crippen LogP contribution in [0.3, 0.4) is 0 Å². The van der Waals surface area contributed by atoms with Crippen molar-refractivity contribution in [3.63, 3.8) is 0 Å². The lowest BCUT2D eigenvalue weighted by Gasteiger charge is -2.24. The molecule has 12 nitrogen and oxygen atoms in total. The Morgan fingerprint density at radius 3 is 1.52 bits per heavy atom. The maximum Gasteiger partial charge on any atom is 0.339 e. The Bertz CT molecular complexity index is 898. The molecule has 2 N–H and O–H groups in total. The zero-order chi connectivity index (χ0) is 29.7. The number of carbonyl (C=O) groups excluding carboxylic acids is 3. The van der Waals surface area contributed by atoms with Crippen molar-refractivity contribution >= 4 is 17.9 Å². The summed E-state index contributed by atoms with van der Waals surface area (Å²) in [5, 5.41) is 6.11. The molecule has 0 saturated carbocycles. The Labute approximate surface area is 236 Å². The third-order valence-corrected chi connectivity index (χ3v) is 7.64. The van der Waals surface area contributed by atoms with Crippen molar-refractivity contribution in [3.8, 4) is 0 Å². The van der Waals surface area contributed by atoms with Gasteiger partial charge in [-0.3, -0.25) is 4.90 Å². The molecule has 3 saturated heterocycles. The molecule has 0 aromatic heterocycles. The van der Waals surface area contributed by atoms with E-state index in [1.165, 1.54) is 41.1 Å². The minimum Gasteiger partial charge on any atom is -0.467 e. The van der Waals surface area contributed by atoms with Crippen LogP contribution in [0.4, 0.5) is 0 Å². The molecule has 1 aromatic rings. The minimum absolute atomic E-state index is 0.277. The normalized spacial score (nSPS) is 27.6. The first-order valence-electron chi connectivity index (χ1n) is 13.3. The lowest BCUT2D eigenvalue weighted by atomic mass is 10.0. The molecule has 0 aliphatic carbocycles. The zero-order valence-electron chi connectivity index (χ0n) is 24.6. The molecule has 3 heterocycles. The summed E-state index contributed by atoms with van der Waals surface area (Å²) in [6.07, 6.45) is 2.06. The summed E-state index contributed by atoms with van der Waals surface area (Å²) in [7, 11) is 8.79. The minimum atomic E-state index is -0.788. The highest BCUT2D eigenvalue weighted by atomic mass is 16.6. The van der Waals surface area contributed by atoms with E-state index in [2.05, 4.69) is 37.1 Å². The van der Waals surface area contributed by atoms with Crippen molar-refractivity contribution in [2.45, 2.75) is 42.6 Å². The molecule has 0 bridgehead atoms. The van der Waals surface area contributed by atoms with Gasteiger partial charge < -0.3 is 39.1 Å². The summed E-state index contributed by atoms with van der Waals surface area (Å²) < 4.78 is 29.7. The number of hydrogen-bond donors (Lipinski definition) is 2. The van der Waals surface area contributed by atoms with Crippen LogP contribution in [0, 0.1) is 0 Å². The van der Waals surface area contributed by atoms with Crippen LogP contribution in [0.15, 0.2) is 30.3 Å². The lowest BCUT2D eigenvalue weighted by Crippen LogP contribution is -2.44. The predicted molar refractivity (Wildman–Crippen MR) is 147 cm³/mol. The van der Waals surface area contributed by atoms with Crippen LogP contribution in [0.5, 0.6) is 0 Å². The Morgan fingerprint density at radius 1 is 0.700 bits per heavy atom. The number of carbonyl (C=O) groups is 3. The highest BCUT2D eigenvalue weighted by Gasteiger charge is 2.46. The molecule has 3 aliphatic rings. The van der Waals surface area contributed by atoms with Crippen LogP contribution in [-0.2, 0) is 49.3 Å². The van der Waals surface area contributed by atoms with Crippen molar-refractivity contribution in [1.29, 1.82) is 0 Å². The summed E-state index contributed by atoms with van der Waals surface area (Å²) >= 11 is 0. The number of methoxy groups -OCH3 is 6. The molecule has 3 atom stereocenters. The number of ether oxygens (including phenoxy) is 6. The molecule has 3 aliphatic heterocycles. The highest BCUT2D eigenvalue weighted by molar-refractivity contribution is 5.81. The fraction of sp³-hybridized carbons (Fsp3) is 0.679. The Hall–Kier alpha value is -2.61. The summed E-state index contributed by atoms with van der Waals surface area (Å²) in [5.41, 5.74) is -0.998. The average molecular weight is 568 g/mol. The van der Waals surface area contributed by atoms with Crippen LogP contribution >= 0.6 is 0 Å². The maximum absolute atomic E-state index is 11.8. The van der Waals surface area contributed by atoms with Crippen LogP contribution < -0.4 is 10.6 Å². The van der Waals surface area contributed by atoms with Gasteiger partial charge in [0.25, 0.3) is 0 Å². The van der Waals surface area contributed by atoms with Crippen LogP contribution in [0.2, 0.25) is 0 Å². The largest absolute Gasteiger partial charge is 0.467 e. The number of nitrogens with one attached hydrogen (secondary N) is 2. The number of nitrogens with zero attached hydrogens (tertiary/aromatic N) is 1. The maximum atomic E-state index is 11.8. The van der Waals surface area contributed by atoms with Gasteiger partial charge in [-0.15, -0.1) is 0 Å². The first-order valence-corrected chi connectivity index (χ1v) is 13.3. The molecule has 0 radical (unpaired) electrons. The molecular formula is C28H45N3O9. The smallest absolute Gasteiger partial charge is 0.339 e. The predicted octanol–water partition coefficient (Wildman–Crippen LogP) is 0.526. The first kappa shape index (κ1) is 33.6. The molecule has 0 spiro atoms. The summed E-state index contributed by atoms with van der Waals surface area (Å²) in [6.45, 7) is 4.99. The summed E-state index contributed by atoms with van der Waals surface area (Å²) in [6, 6.07) is 10.2. The summed E-state index contributed by atoms with van der Waals surface area (Å²) in [4.78, 5) is 36.4. The van der Waals surface area contributed by atoms with Crippen molar-refractivity contribution in [1.82, 2.24) is 15.5 Å². The van der Waals surface area contributed by atoms with E-state index in [0.29, 0.717) is 38.9 Å². The standard InChI is InChI=1S/C14H19NO3.2C7H13NO3/c1-17-13(16)14(18-2)8-9-15(11-14)10-12-6-4-3-5-7-12;2*1-10-6(9)7(11-2)3-4-8-5-7/h3-7H,8-11H2,1-2H3;2*8H,3-5H2,1-2H3/t;7-;/m.0./s1. The molecule has 226 valence electrons. The average Bonchev–Trinajstić information content (AvgIpc) is 3.78. The Kier molecular flexibility index (Phi) is 13.4. The number of hydrogen-bond acceptors (Lipinski definition) is 12. The topological polar surface area (TPSA) is 134 Å². The first-order chi connectivity index (χ1) is 19.2. The van der Waals surface area contributed by atoms with Gasteiger partial charge in [0.1, 0.15) is 0 Å².